The molecule has 1 aromatic heterocycles. The predicted octanol–water partition coefficient (Wildman–Crippen LogP) is -0.189. The average Bonchev–Trinajstić information content (AvgIpc) is 2.52. The highest BCUT2D eigenvalue weighted by atomic mass is 19.1. The number of aliphatic hydroxyl groups is 1. The van der Waals surface area contributed by atoms with E-state index in [2.05, 4.69) is 10.3 Å². The Hall–Kier alpha value is -1.30. The van der Waals surface area contributed by atoms with Crippen LogP contribution in [0, 0.1) is 0 Å². The number of aromatic nitrogens is 3. The van der Waals surface area contributed by atoms with Crippen molar-refractivity contribution in [2.45, 2.75) is 19.6 Å². The molecule has 1 heterocycles. The molecule has 6 heteroatoms. The van der Waals surface area contributed by atoms with Gasteiger partial charge in [-0.05, 0) is 0 Å². The first-order chi connectivity index (χ1) is 6.13. The van der Waals surface area contributed by atoms with Crippen LogP contribution in [0.15, 0.2) is 6.20 Å². The molecule has 72 valence electrons. The third kappa shape index (κ3) is 2.59. The first kappa shape index (κ1) is 9.79. The van der Waals surface area contributed by atoms with Crippen molar-refractivity contribution in [1.29, 1.82) is 0 Å². The standard InChI is InChI=1S/C7H10FN3O2/c1-5(12)7-4-11(10-9-7)3-6(13)2-8/h4,6,13H,2-3H2,1H3. The summed E-state index contributed by atoms with van der Waals surface area (Å²) < 4.78 is 13.1. The van der Waals surface area contributed by atoms with E-state index in [1.54, 1.807) is 0 Å². The van der Waals surface area contributed by atoms with Crippen molar-refractivity contribution < 1.29 is 14.3 Å². The van der Waals surface area contributed by atoms with Gasteiger partial charge in [0.2, 0.25) is 0 Å². The van der Waals surface area contributed by atoms with E-state index in [4.69, 9.17) is 5.11 Å². The molecule has 0 aromatic carbocycles. The van der Waals surface area contributed by atoms with Crippen LogP contribution < -0.4 is 0 Å². The second kappa shape index (κ2) is 4.08. The summed E-state index contributed by atoms with van der Waals surface area (Å²) in [6.07, 6.45) is 0.280. The van der Waals surface area contributed by atoms with Gasteiger partial charge in [0.25, 0.3) is 0 Å². The molecule has 0 fully saturated rings. The summed E-state index contributed by atoms with van der Waals surface area (Å²) in [5.41, 5.74) is 0.214. The van der Waals surface area contributed by atoms with E-state index >= 15 is 0 Å². The lowest BCUT2D eigenvalue weighted by atomic mass is 10.3. The van der Waals surface area contributed by atoms with Crippen LogP contribution in [-0.2, 0) is 6.54 Å². The van der Waals surface area contributed by atoms with E-state index in [1.807, 2.05) is 0 Å². The number of hydrogen-bond donors (Lipinski definition) is 1. The van der Waals surface area contributed by atoms with E-state index in [0.29, 0.717) is 0 Å². The Labute approximate surface area is 74.2 Å². The SMILES string of the molecule is CC(=O)c1cn(CC(O)CF)nn1. The number of hydrogen-bond acceptors (Lipinski definition) is 4. The lowest BCUT2D eigenvalue weighted by Gasteiger charge is -2.03. The molecule has 1 atom stereocenters. The van der Waals surface area contributed by atoms with Crippen LogP contribution in [0.3, 0.4) is 0 Å². The molecule has 0 amide bonds. The van der Waals surface area contributed by atoms with Crippen molar-refractivity contribution in [3.05, 3.63) is 11.9 Å². The number of rotatable bonds is 4. The minimum Gasteiger partial charge on any atom is -0.388 e. The van der Waals surface area contributed by atoms with Crippen molar-refractivity contribution in [3.63, 3.8) is 0 Å². The molecule has 1 N–H and O–H groups in total. The highest BCUT2D eigenvalue weighted by molar-refractivity contribution is 5.91. The van der Waals surface area contributed by atoms with Gasteiger partial charge < -0.3 is 5.11 Å². The van der Waals surface area contributed by atoms with Gasteiger partial charge in [-0.25, -0.2) is 9.07 Å². The molecule has 5 nitrogen and oxygen atoms in total. The van der Waals surface area contributed by atoms with Gasteiger partial charge >= 0.3 is 0 Å². The zero-order valence-electron chi connectivity index (χ0n) is 7.14. The molecule has 0 aliphatic carbocycles. The summed E-state index contributed by atoms with van der Waals surface area (Å²) in [6, 6.07) is 0. The quantitative estimate of drug-likeness (QED) is 0.663. The summed E-state index contributed by atoms with van der Waals surface area (Å²) >= 11 is 0. The third-order valence-electron chi connectivity index (χ3n) is 1.48. The Bertz CT molecular complexity index is 300. The summed E-state index contributed by atoms with van der Waals surface area (Å²) in [7, 11) is 0. The molecular weight excluding hydrogens is 177 g/mol. The molecule has 1 aromatic rings. The van der Waals surface area contributed by atoms with E-state index in [1.165, 1.54) is 17.8 Å². The van der Waals surface area contributed by atoms with Gasteiger partial charge in [0.1, 0.15) is 18.5 Å². The molecule has 0 saturated carbocycles. The predicted molar refractivity (Wildman–Crippen MR) is 42.0 cm³/mol. The monoisotopic (exact) mass is 187 g/mol. The molecule has 0 aliphatic rings. The molecule has 0 bridgehead atoms. The molecule has 0 spiro atoms. The summed E-state index contributed by atoms with van der Waals surface area (Å²) in [5, 5.41) is 16.0. The normalized spacial score (nSPS) is 12.8. The van der Waals surface area contributed by atoms with Crippen LogP contribution >= 0.6 is 0 Å². The molecule has 0 radical (unpaired) electrons. The fourth-order valence-electron chi connectivity index (χ4n) is 0.814. The van der Waals surface area contributed by atoms with Crippen LogP contribution in [0.5, 0.6) is 0 Å². The van der Waals surface area contributed by atoms with Gasteiger partial charge in [0.05, 0.1) is 12.7 Å². The Morgan fingerprint density at radius 1 is 1.85 bits per heavy atom. The van der Waals surface area contributed by atoms with Gasteiger partial charge in [-0.1, -0.05) is 5.21 Å². The van der Waals surface area contributed by atoms with Crippen LogP contribution in [0.2, 0.25) is 0 Å². The third-order valence-corrected chi connectivity index (χ3v) is 1.48. The average molecular weight is 187 g/mol. The zero-order valence-corrected chi connectivity index (χ0v) is 7.14. The number of ketones is 1. The van der Waals surface area contributed by atoms with Crippen molar-refractivity contribution in [2.75, 3.05) is 6.67 Å². The lowest BCUT2D eigenvalue weighted by Crippen LogP contribution is -2.18. The molecule has 1 unspecified atom stereocenters. The molecular formula is C7H10FN3O2. The highest BCUT2D eigenvalue weighted by Crippen LogP contribution is 1.96. The molecule has 13 heavy (non-hydrogen) atoms. The van der Waals surface area contributed by atoms with Crippen molar-refractivity contribution in [3.8, 4) is 0 Å². The molecule has 1 rings (SSSR count). The fraction of sp³-hybridized carbons (Fsp3) is 0.571. The first-order valence-electron chi connectivity index (χ1n) is 3.78. The Balaban J connectivity index is 2.64. The summed E-state index contributed by atoms with van der Waals surface area (Å²) in [5.74, 6) is -0.207. The number of halogens is 1. The van der Waals surface area contributed by atoms with Gasteiger partial charge in [0, 0.05) is 6.92 Å². The maximum atomic E-state index is 11.9. The van der Waals surface area contributed by atoms with Gasteiger partial charge in [-0.15, -0.1) is 5.10 Å². The lowest BCUT2D eigenvalue weighted by molar-refractivity contribution is 0.101. The largest absolute Gasteiger partial charge is 0.388 e. The first-order valence-corrected chi connectivity index (χ1v) is 3.78. The van der Waals surface area contributed by atoms with Crippen molar-refractivity contribution >= 4 is 5.78 Å². The number of alkyl halides is 1. The van der Waals surface area contributed by atoms with Crippen molar-refractivity contribution in [2.24, 2.45) is 0 Å². The van der Waals surface area contributed by atoms with E-state index < -0.39 is 12.8 Å². The topological polar surface area (TPSA) is 68.0 Å². The van der Waals surface area contributed by atoms with E-state index in [-0.39, 0.29) is 18.0 Å². The van der Waals surface area contributed by atoms with Crippen LogP contribution in [0.4, 0.5) is 4.39 Å². The van der Waals surface area contributed by atoms with Crippen LogP contribution in [0.25, 0.3) is 0 Å². The Morgan fingerprint density at radius 3 is 3.00 bits per heavy atom. The van der Waals surface area contributed by atoms with Crippen LogP contribution in [0.1, 0.15) is 17.4 Å². The van der Waals surface area contributed by atoms with Crippen LogP contribution in [-0.4, -0.2) is 38.7 Å². The zero-order chi connectivity index (χ0) is 9.84. The number of carbonyl (C=O) groups excluding carboxylic acids is 1. The highest BCUT2D eigenvalue weighted by Gasteiger charge is 2.08. The maximum Gasteiger partial charge on any atom is 0.181 e. The second-order valence-corrected chi connectivity index (χ2v) is 2.69. The van der Waals surface area contributed by atoms with E-state index in [0.717, 1.165) is 0 Å². The molecule has 0 saturated heterocycles. The van der Waals surface area contributed by atoms with E-state index in [9.17, 15) is 9.18 Å². The number of nitrogens with zero attached hydrogens (tertiary/aromatic N) is 3. The number of Topliss-reactive ketones (excluding diaryl/α,β-unsaturated/α-hetero) is 1. The maximum absolute atomic E-state index is 11.9. The summed E-state index contributed by atoms with van der Waals surface area (Å²) in [4.78, 5) is 10.8. The smallest absolute Gasteiger partial charge is 0.181 e. The fourth-order valence-corrected chi connectivity index (χ4v) is 0.814. The van der Waals surface area contributed by atoms with Gasteiger partial charge in [-0.3, -0.25) is 4.79 Å². The molecule has 0 aliphatic heterocycles. The van der Waals surface area contributed by atoms with Crippen molar-refractivity contribution in [1.82, 2.24) is 15.0 Å². The summed E-state index contributed by atoms with van der Waals surface area (Å²) in [6.45, 7) is 0.534. The van der Waals surface area contributed by atoms with Gasteiger partial charge in [-0.2, -0.15) is 0 Å². The second-order valence-electron chi connectivity index (χ2n) is 2.69. The number of carbonyl (C=O) groups is 1. The Morgan fingerprint density at radius 2 is 2.54 bits per heavy atom. The Kier molecular flexibility index (Phi) is 3.07. The minimum atomic E-state index is -1.10. The van der Waals surface area contributed by atoms with Gasteiger partial charge in [0.15, 0.2) is 5.78 Å². The number of aliphatic hydroxyl groups excluding tert-OH is 1. The minimum absolute atomic E-state index is 0.0107.